The molecule has 1 aliphatic heterocycles. The Morgan fingerprint density at radius 1 is 1.41 bits per heavy atom. The number of rotatable bonds is 9. The molecule has 0 fully saturated rings. The van der Waals surface area contributed by atoms with Crippen LogP contribution in [-0.2, 0) is 17.6 Å². The van der Waals surface area contributed by atoms with Gasteiger partial charge >= 0.3 is 5.97 Å². The lowest BCUT2D eigenvalue weighted by atomic mass is 9.97. The number of carboxylic acid groups (broad SMARTS) is 1. The summed E-state index contributed by atoms with van der Waals surface area (Å²) in [6, 6.07) is 6.43. The van der Waals surface area contributed by atoms with Gasteiger partial charge in [-0.15, -0.1) is 0 Å². The predicted octanol–water partition coefficient (Wildman–Crippen LogP) is 2.89. The lowest BCUT2D eigenvalue weighted by molar-refractivity contribution is -0.142. The Kier molecular flexibility index (Phi) is 6.25. The number of hydrogen-bond donors (Lipinski definition) is 2. The van der Waals surface area contributed by atoms with E-state index in [4.69, 9.17) is 4.74 Å². The number of carbonyl (C=O) groups is 1. The molecule has 0 saturated heterocycles. The summed E-state index contributed by atoms with van der Waals surface area (Å²) in [7, 11) is 0. The molecule has 0 saturated carbocycles. The van der Waals surface area contributed by atoms with Crippen molar-refractivity contribution in [2.75, 3.05) is 19.7 Å². The molecule has 4 heteroatoms. The zero-order valence-electron chi connectivity index (χ0n) is 13.6. The van der Waals surface area contributed by atoms with Crippen LogP contribution in [0.5, 0.6) is 5.75 Å². The van der Waals surface area contributed by atoms with E-state index in [2.05, 4.69) is 37.4 Å². The van der Waals surface area contributed by atoms with Crippen molar-refractivity contribution >= 4 is 5.97 Å². The van der Waals surface area contributed by atoms with Gasteiger partial charge in [-0.25, -0.2) is 0 Å². The fourth-order valence-electron chi connectivity index (χ4n) is 2.93. The molecular formula is C18H27NO3. The highest BCUT2D eigenvalue weighted by Gasteiger charge is 2.18. The molecule has 1 aromatic carbocycles. The van der Waals surface area contributed by atoms with Crippen molar-refractivity contribution in [3.8, 4) is 5.75 Å². The van der Waals surface area contributed by atoms with Crippen molar-refractivity contribution in [2.24, 2.45) is 11.8 Å². The lowest BCUT2D eigenvalue weighted by Gasteiger charge is -2.15. The predicted molar refractivity (Wildman–Crippen MR) is 87.4 cm³/mol. The van der Waals surface area contributed by atoms with E-state index < -0.39 is 5.97 Å². The summed E-state index contributed by atoms with van der Waals surface area (Å²) in [6.45, 7) is 6.34. The van der Waals surface area contributed by atoms with Gasteiger partial charge < -0.3 is 15.2 Å². The summed E-state index contributed by atoms with van der Waals surface area (Å²) in [5.41, 5.74) is 2.65. The van der Waals surface area contributed by atoms with Gasteiger partial charge in [0, 0.05) is 13.0 Å². The third-order valence-corrected chi connectivity index (χ3v) is 4.07. The van der Waals surface area contributed by atoms with Crippen molar-refractivity contribution in [2.45, 2.75) is 39.5 Å². The molecule has 0 bridgehead atoms. The first-order valence-electron chi connectivity index (χ1n) is 8.24. The van der Waals surface area contributed by atoms with Crippen LogP contribution < -0.4 is 10.1 Å². The van der Waals surface area contributed by atoms with E-state index in [0.29, 0.717) is 12.5 Å². The number of fused-ring (bicyclic) bond motifs is 1. The molecule has 0 aliphatic carbocycles. The lowest BCUT2D eigenvalue weighted by Crippen LogP contribution is -2.30. The zero-order chi connectivity index (χ0) is 15.9. The van der Waals surface area contributed by atoms with Crippen LogP contribution in [0.4, 0.5) is 0 Å². The molecule has 4 nitrogen and oxygen atoms in total. The molecule has 0 amide bonds. The number of benzene rings is 1. The number of aliphatic carboxylic acids is 1. The van der Waals surface area contributed by atoms with Crippen LogP contribution in [0, 0.1) is 11.8 Å². The second-order valence-electron chi connectivity index (χ2n) is 6.51. The van der Waals surface area contributed by atoms with Crippen LogP contribution in [0.3, 0.4) is 0 Å². The highest BCUT2D eigenvalue weighted by Crippen LogP contribution is 2.26. The van der Waals surface area contributed by atoms with E-state index >= 15 is 0 Å². The summed E-state index contributed by atoms with van der Waals surface area (Å²) < 4.78 is 5.51. The van der Waals surface area contributed by atoms with Crippen LogP contribution in [0.1, 0.15) is 37.8 Å². The van der Waals surface area contributed by atoms with Crippen molar-refractivity contribution in [1.82, 2.24) is 5.32 Å². The van der Waals surface area contributed by atoms with Crippen LogP contribution >= 0.6 is 0 Å². The van der Waals surface area contributed by atoms with Gasteiger partial charge in [-0.2, -0.15) is 0 Å². The van der Waals surface area contributed by atoms with E-state index in [-0.39, 0.29) is 5.92 Å². The van der Waals surface area contributed by atoms with Gasteiger partial charge in [-0.3, -0.25) is 4.79 Å². The number of carboxylic acids is 1. The Morgan fingerprint density at radius 3 is 2.95 bits per heavy atom. The standard InChI is InChI=1S/C18H27NO3/c1-13(2)10-16(18(20)21)12-19-8-3-4-14-5-6-17-15(11-14)7-9-22-17/h5-6,11,13,16,19H,3-4,7-10,12H2,1-2H3,(H,20,21). The topological polar surface area (TPSA) is 58.6 Å². The highest BCUT2D eigenvalue weighted by atomic mass is 16.5. The normalized spacial score (nSPS) is 14.7. The van der Waals surface area contributed by atoms with E-state index in [9.17, 15) is 9.90 Å². The van der Waals surface area contributed by atoms with Gasteiger partial charge in [0.2, 0.25) is 0 Å². The molecule has 1 atom stereocenters. The summed E-state index contributed by atoms with van der Waals surface area (Å²) >= 11 is 0. The molecule has 2 rings (SSSR count). The second-order valence-corrected chi connectivity index (χ2v) is 6.51. The maximum absolute atomic E-state index is 11.2. The van der Waals surface area contributed by atoms with Crippen molar-refractivity contribution in [3.63, 3.8) is 0 Å². The van der Waals surface area contributed by atoms with E-state index in [1.54, 1.807) is 0 Å². The largest absolute Gasteiger partial charge is 0.493 e. The minimum atomic E-state index is -0.695. The van der Waals surface area contributed by atoms with Gasteiger partial charge in [0.05, 0.1) is 12.5 Å². The summed E-state index contributed by atoms with van der Waals surface area (Å²) in [5.74, 6) is 0.466. The third kappa shape index (κ3) is 5.02. The SMILES string of the molecule is CC(C)CC(CNCCCc1ccc2c(c1)CCO2)C(=O)O. The molecule has 0 spiro atoms. The Hall–Kier alpha value is -1.55. The van der Waals surface area contributed by atoms with Crippen molar-refractivity contribution in [3.05, 3.63) is 29.3 Å². The quantitative estimate of drug-likeness (QED) is 0.689. The van der Waals surface area contributed by atoms with Gasteiger partial charge in [0.1, 0.15) is 5.75 Å². The number of ether oxygens (including phenoxy) is 1. The van der Waals surface area contributed by atoms with E-state index in [0.717, 1.165) is 44.6 Å². The van der Waals surface area contributed by atoms with E-state index in [1.165, 1.54) is 11.1 Å². The molecule has 1 heterocycles. The van der Waals surface area contributed by atoms with Crippen LogP contribution in [0.25, 0.3) is 0 Å². The fourth-order valence-corrected chi connectivity index (χ4v) is 2.93. The number of aryl methyl sites for hydroxylation is 1. The molecule has 0 aromatic heterocycles. The minimum absolute atomic E-state index is 0.280. The zero-order valence-corrected chi connectivity index (χ0v) is 13.6. The first-order valence-corrected chi connectivity index (χ1v) is 8.24. The molecule has 1 unspecified atom stereocenters. The van der Waals surface area contributed by atoms with Crippen molar-refractivity contribution in [1.29, 1.82) is 0 Å². The highest BCUT2D eigenvalue weighted by molar-refractivity contribution is 5.70. The van der Waals surface area contributed by atoms with Gasteiger partial charge in [-0.05, 0) is 48.9 Å². The van der Waals surface area contributed by atoms with Crippen LogP contribution in [0.15, 0.2) is 18.2 Å². The van der Waals surface area contributed by atoms with Crippen LogP contribution in [-0.4, -0.2) is 30.8 Å². The average molecular weight is 305 g/mol. The van der Waals surface area contributed by atoms with Gasteiger partial charge in [0.25, 0.3) is 0 Å². The maximum atomic E-state index is 11.2. The average Bonchev–Trinajstić information content (AvgIpc) is 2.92. The molecule has 2 N–H and O–H groups in total. The number of hydrogen-bond acceptors (Lipinski definition) is 3. The smallest absolute Gasteiger partial charge is 0.307 e. The molecule has 0 radical (unpaired) electrons. The monoisotopic (exact) mass is 305 g/mol. The Bertz CT molecular complexity index is 499. The Labute approximate surface area is 132 Å². The molecule has 1 aliphatic rings. The number of nitrogens with one attached hydrogen (secondary N) is 1. The third-order valence-electron chi connectivity index (χ3n) is 4.07. The van der Waals surface area contributed by atoms with Crippen LogP contribution in [0.2, 0.25) is 0 Å². The molecule has 122 valence electrons. The fraction of sp³-hybridized carbons (Fsp3) is 0.611. The van der Waals surface area contributed by atoms with Crippen molar-refractivity contribution < 1.29 is 14.6 Å². The van der Waals surface area contributed by atoms with Gasteiger partial charge in [-0.1, -0.05) is 26.0 Å². The summed E-state index contributed by atoms with van der Waals surface area (Å²) in [6.07, 6.45) is 3.78. The first-order chi connectivity index (χ1) is 10.6. The Balaban J connectivity index is 1.67. The van der Waals surface area contributed by atoms with Gasteiger partial charge in [0.15, 0.2) is 0 Å². The minimum Gasteiger partial charge on any atom is -0.493 e. The molecule has 1 aromatic rings. The molecule has 22 heavy (non-hydrogen) atoms. The van der Waals surface area contributed by atoms with E-state index in [1.807, 2.05) is 0 Å². The second kappa shape index (κ2) is 8.18. The summed E-state index contributed by atoms with van der Waals surface area (Å²) in [4.78, 5) is 11.2. The first kappa shape index (κ1) is 16.8. The Morgan fingerprint density at radius 2 is 2.23 bits per heavy atom. The summed E-state index contributed by atoms with van der Waals surface area (Å²) in [5, 5.41) is 12.5. The maximum Gasteiger partial charge on any atom is 0.307 e. The molecular weight excluding hydrogens is 278 g/mol.